The van der Waals surface area contributed by atoms with Crippen molar-refractivity contribution >= 4 is 17.5 Å². The highest BCUT2D eigenvalue weighted by atomic mass is 19.1. The van der Waals surface area contributed by atoms with Crippen LogP contribution in [0.2, 0.25) is 0 Å². The first kappa shape index (κ1) is 34.4. The molecule has 1 aliphatic rings. The summed E-state index contributed by atoms with van der Waals surface area (Å²) in [6.45, 7) is 5.20. The van der Waals surface area contributed by atoms with E-state index in [0.717, 1.165) is 11.1 Å². The van der Waals surface area contributed by atoms with Crippen LogP contribution in [0.3, 0.4) is 0 Å². The van der Waals surface area contributed by atoms with Crippen molar-refractivity contribution in [3.8, 4) is 23.0 Å². The third kappa shape index (κ3) is 8.70. The zero-order valence-electron chi connectivity index (χ0n) is 27.7. The summed E-state index contributed by atoms with van der Waals surface area (Å²) in [5.74, 6) is 1.28. The van der Waals surface area contributed by atoms with Gasteiger partial charge in [-0.25, -0.2) is 4.39 Å². The highest BCUT2D eigenvalue weighted by Gasteiger charge is 2.34. The minimum Gasteiger partial charge on any atom is -0.497 e. The van der Waals surface area contributed by atoms with E-state index in [1.54, 1.807) is 54.5 Å². The van der Waals surface area contributed by atoms with Gasteiger partial charge >= 0.3 is 0 Å². The fraction of sp³-hybridized carbons (Fsp3) is 0.316. The molecule has 0 spiro atoms. The fourth-order valence-corrected chi connectivity index (χ4v) is 5.67. The van der Waals surface area contributed by atoms with Crippen LogP contribution >= 0.6 is 0 Å². The Balaban J connectivity index is 1.33. The van der Waals surface area contributed by atoms with Crippen LogP contribution < -0.4 is 19.5 Å². The molecule has 4 aromatic carbocycles. The van der Waals surface area contributed by atoms with E-state index in [0.29, 0.717) is 53.9 Å². The monoisotopic (exact) mass is 655 g/mol. The number of fused-ring (bicyclic) bond motifs is 1. The van der Waals surface area contributed by atoms with Crippen LogP contribution in [0.15, 0.2) is 91.0 Å². The first-order valence-corrected chi connectivity index (χ1v) is 16.0. The summed E-state index contributed by atoms with van der Waals surface area (Å²) in [4.78, 5) is 30.8. The molecule has 0 fully saturated rings. The lowest BCUT2D eigenvalue weighted by molar-refractivity contribution is -0.115. The number of halogens is 1. The average Bonchev–Trinajstić information content (AvgIpc) is 3.08. The second-order valence-corrected chi connectivity index (χ2v) is 12.3. The van der Waals surface area contributed by atoms with Gasteiger partial charge in [0.2, 0.25) is 5.91 Å². The third-order valence-electron chi connectivity index (χ3n) is 8.41. The van der Waals surface area contributed by atoms with Crippen molar-refractivity contribution in [3.05, 3.63) is 114 Å². The van der Waals surface area contributed by atoms with Gasteiger partial charge in [0.05, 0.1) is 37.4 Å². The van der Waals surface area contributed by atoms with Gasteiger partial charge in [-0.3, -0.25) is 14.5 Å². The number of amides is 2. The Hall–Kier alpha value is -4.93. The molecular formula is C38H42FN3O6. The number of ether oxygens (including phenoxy) is 3. The highest BCUT2D eigenvalue weighted by molar-refractivity contribution is 6.02. The predicted octanol–water partition coefficient (Wildman–Crippen LogP) is 6.16. The minimum absolute atomic E-state index is 0.104. The van der Waals surface area contributed by atoms with Gasteiger partial charge in [0, 0.05) is 25.6 Å². The topological polar surface area (TPSA) is 101 Å². The Labute approximate surface area is 280 Å². The van der Waals surface area contributed by atoms with Gasteiger partial charge in [0.15, 0.2) is 5.75 Å². The number of rotatable bonds is 12. The van der Waals surface area contributed by atoms with Crippen LogP contribution in [0.1, 0.15) is 35.3 Å². The predicted molar refractivity (Wildman–Crippen MR) is 182 cm³/mol. The molecule has 0 aliphatic carbocycles. The van der Waals surface area contributed by atoms with Gasteiger partial charge in [-0.1, -0.05) is 37.3 Å². The number of hydrogen-bond acceptors (Lipinski definition) is 7. The average molecular weight is 656 g/mol. The quantitative estimate of drug-likeness (QED) is 0.189. The molecule has 0 saturated heterocycles. The van der Waals surface area contributed by atoms with Crippen molar-refractivity contribution in [1.82, 2.24) is 9.80 Å². The number of benzene rings is 4. The second-order valence-electron chi connectivity index (χ2n) is 12.3. The normalized spacial score (nSPS) is 16.7. The highest BCUT2D eigenvalue weighted by Crippen LogP contribution is 2.35. The molecule has 0 bridgehead atoms. The van der Waals surface area contributed by atoms with Crippen molar-refractivity contribution in [3.63, 3.8) is 0 Å². The van der Waals surface area contributed by atoms with Crippen LogP contribution in [0, 0.1) is 11.7 Å². The first-order chi connectivity index (χ1) is 23.1. The molecule has 5 rings (SSSR count). The Morgan fingerprint density at radius 1 is 1.00 bits per heavy atom. The van der Waals surface area contributed by atoms with E-state index in [-0.39, 0.29) is 42.7 Å². The lowest BCUT2D eigenvalue weighted by Gasteiger charge is -2.38. The summed E-state index contributed by atoms with van der Waals surface area (Å²) >= 11 is 0. The van der Waals surface area contributed by atoms with E-state index in [1.807, 2.05) is 57.3 Å². The van der Waals surface area contributed by atoms with Crippen LogP contribution in [0.4, 0.5) is 10.1 Å². The Morgan fingerprint density at radius 3 is 2.27 bits per heavy atom. The summed E-state index contributed by atoms with van der Waals surface area (Å²) < 4.78 is 31.0. The molecule has 0 aromatic heterocycles. The summed E-state index contributed by atoms with van der Waals surface area (Å²) in [6, 6.07) is 25.6. The molecule has 1 aliphatic heterocycles. The van der Waals surface area contributed by atoms with Gasteiger partial charge in [0.25, 0.3) is 5.91 Å². The number of likely N-dealkylation sites (N-methyl/N-ethyl adjacent to an activating group) is 1. The van der Waals surface area contributed by atoms with Gasteiger partial charge < -0.3 is 29.5 Å². The molecule has 3 atom stereocenters. The summed E-state index contributed by atoms with van der Waals surface area (Å²) in [5, 5.41) is 13.0. The molecular weight excluding hydrogens is 613 g/mol. The zero-order valence-corrected chi connectivity index (χ0v) is 27.7. The fourth-order valence-electron chi connectivity index (χ4n) is 5.67. The van der Waals surface area contributed by atoms with Crippen molar-refractivity contribution in [1.29, 1.82) is 0 Å². The van der Waals surface area contributed by atoms with Crippen LogP contribution in [-0.4, -0.2) is 72.7 Å². The van der Waals surface area contributed by atoms with E-state index < -0.39 is 6.04 Å². The number of nitrogens with zero attached hydrogens (tertiary/aromatic N) is 2. The molecule has 0 radical (unpaired) electrons. The molecule has 2 N–H and O–H groups in total. The van der Waals surface area contributed by atoms with Gasteiger partial charge in [-0.2, -0.15) is 0 Å². The first-order valence-electron chi connectivity index (χ1n) is 16.0. The van der Waals surface area contributed by atoms with Crippen LogP contribution in [0.25, 0.3) is 0 Å². The van der Waals surface area contributed by atoms with Gasteiger partial charge in [0.1, 0.15) is 29.2 Å². The molecule has 48 heavy (non-hydrogen) atoms. The number of para-hydroxylation sites is 1. The Bertz CT molecular complexity index is 1680. The summed E-state index contributed by atoms with van der Waals surface area (Å²) in [6.07, 6.45) is -0.220. The van der Waals surface area contributed by atoms with Gasteiger partial charge in [-0.15, -0.1) is 0 Å². The van der Waals surface area contributed by atoms with E-state index in [9.17, 15) is 19.1 Å². The maximum absolute atomic E-state index is 13.8. The molecule has 0 saturated carbocycles. The van der Waals surface area contributed by atoms with Gasteiger partial charge in [-0.05, 0) is 85.8 Å². The molecule has 1 heterocycles. The molecule has 252 valence electrons. The van der Waals surface area contributed by atoms with Crippen LogP contribution in [-0.2, 0) is 17.8 Å². The van der Waals surface area contributed by atoms with E-state index in [4.69, 9.17) is 14.2 Å². The molecule has 4 aromatic rings. The third-order valence-corrected chi connectivity index (χ3v) is 8.41. The summed E-state index contributed by atoms with van der Waals surface area (Å²) in [7, 11) is 3.59. The number of carbonyl (C=O) groups excluding carboxylic acids is 2. The molecule has 9 nitrogen and oxygen atoms in total. The Morgan fingerprint density at radius 2 is 1.62 bits per heavy atom. The SMILES string of the molecule is COc1ccc(CC(=O)Nc2cccc3c2O[C@H](CN(C)Cc2ccc(Oc4ccc(F)cc4)cc2)[C@H](C)CN([C@@H](C)CO)C3=O)cc1. The zero-order chi connectivity index (χ0) is 34.2. The van der Waals surface area contributed by atoms with Crippen LogP contribution in [0.5, 0.6) is 23.0 Å². The number of carbonyl (C=O) groups is 2. The van der Waals surface area contributed by atoms with E-state index in [1.165, 1.54) is 12.1 Å². The standard InChI is InChI=1S/C38H42FN3O6/c1-25-21-42(26(2)24-43)38(45)33-6-5-7-34(40-36(44)20-27-8-14-30(46-4)15-9-27)37(33)48-35(25)23-41(3)22-28-10-16-31(17-11-28)47-32-18-12-29(39)13-19-32/h5-19,25-26,35,43H,20-24H2,1-4H3,(H,40,44)/t25-,26+,35-/m1/s1. The van der Waals surface area contributed by atoms with Crippen molar-refractivity contribution in [2.24, 2.45) is 5.92 Å². The smallest absolute Gasteiger partial charge is 0.258 e. The maximum Gasteiger partial charge on any atom is 0.258 e. The van der Waals surface area contributed by atoms with Crippen molar-refractivity contribution in [2.45, 2.75) is 39.0 Å². The lowest BCUT2D eigenvalue weighted by atomic mass is 9.98. The van der Waals surface area contributed by atoms with Crippen molar-refractivity contribution < 1.29 is 33.3 Å². The maximum atomic E-state index is 13.8. The minimum atomic E-state index is -0.409. The van der Waals surface area contributed by atoms with E-state index in [2.05, 4.69) is 10.2 Å². The number of nitrogens with one attached hydrogen (secondary N) is 1. The molecule has 10 heteroatoms. The largest absolute Gasteiger partial charge is 0.497 e. The molecule has 0 unspecified atom stereocenters. The number of anilines is 1. The number of aliphatic hydroxyl groups is 1. The Kier molecular flexibility index (Phi) is 11.3. The number of hydrogen-bond donors (Lipinski definition) is 2. The van der Waals surface area contributed by atoms with E-state index >= 15 is 0 Å². The number of aliphatic hydroxyl groups excluding tert-OH is 1. The van der Waals surface area contributed by atoms with Crippen molar-refractivity contribution in [2.75, 3.05) is 39.2 Å². The summed E-state index contributed by atoms with van der Waals surface area (Å²) in [5.41, 5.74) is 2.61. The lowest BCUT2D eigenvalue weighted by Crippen LogP contribution is -2.49. The second kappa shape index (κ2) is 15.8. The molecule has 2 amide bonds. The number of methoxy groups -OCH3 is 1.